The van der Waals surface area contributed by atoms with E-state index in [9.17, 15) is 9.36 Å². The molecule has 0 aromatic rings. The predicted molar refractivity (Wildman–Crippen MR) is 207 cm³/mol. The van der Waals surface area contributed by atoms with Crippen LogP contribution in [0.2, 0.25) is 0 Å². The Morgan fingerprint density at radius 1 is 0.551 bits per heavy atom. The predicted octanol–water partition coefficient (Wildman–Crippen LogP) is 12.4. The number of esters is 1. The highest BCUT2D eigenvalue weighted by atomic mass is 31.2. The van der Waals surface area contributed by atoms with Crippen LogP contribution in [0.3, 0.4) is 0 Å². The van der Waals surface area contributed by atoms with Crippen molar-refractivity contribution in [2.24, 2.45) is 0 Å². The number of rotatable bonds is 37. The van der Waals surface area contributed by atoms with Crippen molar-refractivity contribution in [3.05, 3.63) is 48.6 Å². The molecule has 0 radical (unpaired) electrons. The Balaban J connectivity index is 3.90. The summed E-state index contributed by atoms with van der Waals surface area (Å²) in [5, 5.41) is 0. The molecule has 7 nitrogen and oxygen atoms in total. The van der Waals surface area contributed by atoms with E-state index >= 15 is 0 Å². The number of hydrogen-bond donors (Lipinski definition) is 2. The van der Waals surface area contributed by atoms with Gasteiger partial charge in [-0.1, -0.05) is 165 Å². The molecule has 0 unspecified atom stereocenters. The zero-order valence-electron chi connectivity index (χ0n) is 31.6. The third-order valence-electron chi connectivity index (χ3n) is 8.42. The molecule has 0 aliphatic carbocycles. The van der Waals surface area contributed by atoms with Gasteiger partial charge >= 0.3 is 13.8 Å². The van der Waals surface area contributed by atoms with E-state index in [0.717, 1.165) is 57.8 Å². The fourth-order valence-corrected chi connectivity index (χ4v) is 5.76. The Kier molecular flexibility index (Phi) is 36.6. The Labute approximate surface area is 301 Å². The van der Waals surface area contributed by atoms with E-state index in [4.69, 9.17) is 19.3 Å². The first-order valence-electron chi connectivity index (χ1n) is 20.0. The SMILES string of the molecule is CCCCC/C=C\C/C=C\C/C=C\C/C=C\CCCCO[C@@H](COC(=O)CCCCCCCCCCCCCCCCC)COP(=O)(O)O. The van der Waals surface area contributed by atoms with E-state index in [1.54, 1.807) is 0 Å². The first-order valence-corrected chi connectivity index (χ1v) is 21.5. The molecule has 49 heavy (non-hydrogen) atoms. The zero-order chi connectivity index (χ0) is 35.9. The summed E-state index contributed by atoms with van der Waals surface area (Å²) in [7, 11) is -4.63. The normalized spacial score (nSPS) is 13.1. The topological polar surface area (TPSA) is 102 Å². The number of hydrogen-bond acceptors (Lipinski definition) is 5. The summed E-state index contributed by atoms with van der Waals surface area (Å²) >= 11 is 0. The fourth-order valence-electron chi connectivity index (χ4n) is 5.40. The van der Waals surface area contributed by atoms with Crippen LogP contribution in [-0.2, 0) is 23.4 Å². The van der Waals surface area contributed by atoms with Gasteiger partial charge in [-0.3, -0.25) is 9.32 Å². The molecular formula is C41H75O7P. The van der Waals surface area contributed by atoms with Crippen LogP contribution in [0.1, 0.15) is 181 Å². The van der Waals surface area contributed by atoms with Crippen molar-refractivity contribution in [3.63, 3.8) is 0 Å². The van der Waals surface area contributed by atoms with Crippen LogP contribution in [0.4, 0.5) is 0 Å². The average Bonchev–Trinajstić information content (AvgIpc) is 3.07. The lowest BCUT2D eigenvalue weighted by atomic mass is 10.0. The summed E-state index contributed by atoms with van der Waals surface area (Å²) in [4.78, 5) is 30.4. The van der Waals surface area contributed by atoms with Crippen LogP contribution in [-0.4, -0.2) is 41.7 Å². The van der Waals surface area contributed by atoms with Gasteiger partial charge in [0.15, 0.2) is 0 Å². The van der Waals surface area contributed by atoms with Gasteiger partial charge in [0.2, 0.25) is 0 Å². The number of allylic oxidation sites excluding steroid dienone is 8. The molecule has 0 saturated heterocycles. The molecule has 0 aliphatic heterocycles. The smallest absolute Gasteiger partial charge is 0.463 e. The Hall–Kier alpha value is -1.50. The lowest BCUT2D eigenvalue weighted by Crippen LogP contribution is -2.27. The van der Waals surface area contributed by atoms with Gasteiger partial charge in [-0.05, 0) is 57.8 Å². The van der Waals surface area contributed by atoms with Gasteiger partial charge in [0.05, 0.1) is 6.61 Å². The summed E-state index contributed by atoms with van der Waals surface area (Å²) in [6, 6.07) is 0. The van der Waals surface area contributed by atoms with Crippen LogP contribution >= 0.6 is 7.82 Å². The fraction of sp³-hybridized carbons (Fsp3) is 0.780. The molecule has 286 valence electrons. The second-order valence-corrected chi connectivity index (χ2v) is 14.5. The maximum atomic E-state index is 12.2. The Bertz CT molecular complexity index is 877. The summed E-state index contributed by atoms with van der Waals surface area (Å²) < 4.78 is 26.9. The van der Waals surface area contributed by atoms with E-state index in [1.165, 1.54) is 103 Å². The summed E-state index contributed by atoms with van der Waals surface area (Å²) in [6.07, 6.45) is 46.9. The van der Waals surface area contributed by atoms with Crippen molar-refractivity contribution < 1.29 is 33.1 Å². The van der Waals surface area contributed by atoms with Crippen LogP contribution < -0.4 is 0 Å². The average molecular weight is 711 g/mol. The largest absolute Gasteiger partial charge is 0.469 e. The molecule has 8 heteroatoms. The molecule has 0 rings (SSSR count). The molecule has 0 aromatic carbocycles. The Morgan fingerprint density at radius 2 is 0.959 bits per heavy atom. The quantitative estimate of drug-likeness (QED) is 0.0286. The van der Waals surface area contributed by atoms with Gasteiger partial charge in [-0.25, -0.2) is 4.57 Å². The number of carbonyl (C=O) groups is 1. The second kappa shape index (κ2) is 37.7. The summed E-state index contributed by atoms with van der Waals surface area (Å²) in [5.41, 5.74) is 0. The molecule has 0 aromatic heterocycles. The van der Waals surface area contributed by atoms with Gasteiger partial charge in [0.1, 0.15) is 12.7 Å². The maximum Gasteiger partial charge on any atom is 0.469 e. The van der Waals surface area contributed by atoms with Gasteiger partial charge in [0.25, 0.3) is 0 Å². The highest BCUT2D eigenvalue weighted by Crippen LogP contribution is 2.35. The molecule has 0 amide bonds. The van der Waals surface area contributed by atoms with E-state index in [-0.39, 0.29) is 19.2 Å². The molecule has 2 N–H and O–H groups in total. The lowest BCUT2D eigenvalue weighted by molar-refractivity contribution is -0.149. The molecule has 0 bridgehead atoms. The van der Waals surface area contributed by atoms with Gasteiger partial charge in [0, 0.05) is 13.0 Å². The third kappa shape index (κ3) is 40.8. The van der Waals surface area contributed by atoms with Gasteiger partial charge in [-0.15, -0.1) is 0 Å². The summed E-state index contributed by atoms with van der Waals surface area (Å²) in [6.45, 7) is 4.49. The monoisotopic (exact) mass is 711 g/mol. The molecule has 1 atom stereocenters. The molecule has 0 saturated carbocycles. The molecular weight excluding hydrogens is 635 g/mol. The van der Waals surface area contributed by atoms with Crippen molar-refractivity contribution in [1.82, 2.24) is 0 Å². The minimum atomic E-state index is -4.63. The Morgan fingerprint density at radius 3 is 1.43 bits per heavy atom. The summed E-state index contributed by atoms with van der Waals surface area (Å²) in [5.74, 6) is -0.306. The number of phosphoric ester groups is 1. The van der Waals surface area contributed by atoms with Crippen LogP contribution in [0.25, 0.3) is 0 Å². The number of unbranched alkanes of at least 4 members (excludes halogenated alkanes) is 19. The van der Waals surface area contributed by atoms with Crippen molar-refractivity contribution in [2.45, 2.75) is 187 Å². The first-order chi connectivity index (χ1) is 23.9. The second-order valence-electron chi connectivity index (χ2n) is 13.2. The third-order valence-corrected chi connectivity index (χ3v) is 8.90. The molecule has 0 spiro atoms. The standard InChI is InChI=1S/C41H75O7P/c1-3-5-7-9-11-13-15-17-19-20-21-23-25-27-29-31-33-35-37-46-40(39-48-49(43,44)45)38-47-41(42)36-34-32-30-28-26-24-22-18-16-14-12-10-8-6-4-2/h11,13,17,19,21,23,27,29,40H,3-10,12,14-16,18,20,22,24-26,28,30-39H2,1-2H3,(H2,43,44,45)/b13-11-,19-17-,23-21-,29-27-/t40-/m0/s1. The van der Waals surface area contributed by atoms with Gasteiger partial charge in [-0.2, -0.15) is 0 Å². The maximum absolute atomic E-state index is 12.2. The van der Waals surface area contributed by atoms with E-state index < -0.39 is 13.9 Å². The minimum absolute atomic E-state index is 0.0747. The molecule has 0 fully saturated rings. The van der Waals surface area contributed by atoms with Crippen molar-refractivity contribution in [3.8, 4) is 0 Å². The van der Waals surface area contributed by atoms with Gasteiger partial charge < -0.3 is 19.3 Å². The van der Waals surface area contributed by atoms with Crippen LogP contribution in [0.5, 0.6) is 0 Å². The highest BCUT2D eigenvalue weighted by Gasteiger charge is 2.20. The van der Waals surface area contributed by atoms with E-state index in [0.29, 0.717) is 13.0 Å². The molecule has 0 aliphatic rings. The first kappa shape index (κ1) is 47.5. The number of ether oxygens (including phenoxy) is 2. The zero-order valence-corrected chi connectivity index (χ0v) is 32.5. The number of carbonyl (C=O) groups excluding carboxylic acids is 1. The van der Waals surface area contributed by atoms with E-state index in [2.05, 4.69) is 67.0 Å². The minimum Gasteiger partial charge on any atom is -0.463 e. The molecule has 0 heterocycles. The van der Waals surface area contributed by atoms with Crippen molar-refractivity contribution in [2.75, 3.05) is 19.8 Å². The van der Waals surface area contributed by atoms with Crippen molar-refractivity contribution in [1.29, 1.82) is 0 Å². The van der Waals surface area contributed by atoms with Crippen LogP contribution in [0, 0.1) is 0 Å². The van der Waals surface area contributed by atoms with E-state index in [1.807, 2.05) is 0 Å². The lowest BCUT2D eigenvalue weighted by Gasteiger charge is -2.18. The number of phosphoric acid groups is 1. The van der Waals surface area contributed by atoms with Crippen molar-refractivity contribution >= 4 is 13.8 Å². The van der Waals surface area contributed by atoms with Crippen LogP contribution in [0.15, 0.2) is 48.6 Å². The highest BCUT2D eigenvalue weighted by molar-refractivity contribution is 7.46.